The van der Waals surface area contributed by atoms with Gasteiger partial charge >= 0.3 is 0 Å². The second-order valence-electron chi connectivity index (χ2n) is 4.62. The lowest BCUT2D eigenvalue weighted by Gasteiger charge is -2.08. The Morgan fingerprint density at radius 1 is 1.24 bits per heavy atom. The molecule has 5 heteroatoms. The molecule has 3 nitrogen and oxygen atoms in total. The maximum Gasteiger partial charge on any atom is 0.225 e. The molecule has 2 N–H and O–H groups in total. The summed E-state index contributed by atoms with van der Waals surface area (Å²) >= 11 is 1.48. The summed E-state index contributed by atoms with van der Waals surface area (Å²) in [6.45, 7) is 1.87. The van der Waals surface area contributed by atoms with Gasteiger partial charge in [-0.25, -0.2) is 4.39 Å². The maximum absolute atomic E-state index is 12.7. The van der Waals surface area contributed by atoms with E-state index in [1.807, 2.05) is 13.0 Å². The third-order valence-electron chi connectivity index (χ3n) is 2.84. The molecule has 0 radical (unpaired) electrons. The Morgan fingerprint density at radius 2 is 1.95 bits per heavy atom. The lowest BCUT2D eigenvalue weighted by Crippen LogP contribution is -2.12. The SMILES string of the molecule is Cc1ccc(NC(=O)CCSc2ccc(F)cc2)c(O)c1. The fourth-order valence-electron chi connectivity index (χ4n) is 1.75. The molecule has 0 fully saturated rings. The zero-order valence-corrected chi connectivity index (χ0v) is 12.4. The molecule has 1 amide bonds. The van der Waals surface area contributed by atoms with Crippen LogP contribution in [0.2, 0.25) is 0 Å². The minimum Gasteiger partial charge on any atom is -0.506 e. The number of thioether (sulfide) groups is 1. The summed E-state index contributed by atoms with van der Waals surface area (Å²) in [5.74, 6) is 0.217. The highest BCUT2D eigenvalue weighted by Gasteiger charge is 2.06. The van der Waals surface area contributed by atoms with Crippen molar-refractivity contribution in [2.24, 2.45) is 0 Å². The van der Waals surface area contributed by atoms with Crippen LogP contribution in [-0.2, 0) is 4.79 Å². The number of carbonyl (C=O) groups excluding carboxylic acids is 1. The Bertz CT molecular complexity index is 629. The Labute approximate surface area is 127 Å². The highest BCUT2D eigenvalue weighted by molar-refractivity contribution is 7.99. The smallest absolute Gasteiger partial charge is 0.225 e. The van der Waals surface area contributed by atoms with E-state index in [2.05, 4.69) is 5.32 Å². The molecule has 2 aromatic rings. The van der Waals surface area contributed by atoms with Crippen LogP contribution in [-0.4, -0.2) is 16.8 Å². The molecule has 0 saturated heterocycles. The summed E-state index contributed by atoms with van der Waals surface area (Å²) in [6.07, 6.45) is 0.315. The molecule has 0 aliphatic heterocycles. The molecule has 2 aromatic carbocycles. The number of phenolic OH excluding ortho intramolecular Hbond substituents is 1. The average Bonchev–Trinajstić information content (AvgIpc) is 2.44. The molecule has 0 aliphatic rings. The zero-order chi connectivity index (χ0) is 15.2. The number of nitrogens with one attached hydrogen (secondary N) is 1. The second kappa shape index (κ2) is 7.13. The summed E-state index contributed by atoms with van der Waals surface area (Å²) in [4.78, 5) is 12.7. The van der Waals surface area contributed by atoms with Gasteiger partial charge in [-0.15, -0.1) is 11.8 Å². The maximum atomic E-state index is 12.7. The van der Waals surface area contributed by atoms with Gasteiger partial charge in [0.1, 0.15) is 11.6 Å². The molecular formula is C16H16FNO2S. The summed E-state index contributed by atoms with van der Waals surface area (Å²) < 4.78 is 12.7. The van der Waals surface area contributed by atoms with E-state index in [9.17, 15) is 14.3 Å². The van der Waals surface area contributed by atoms with Crippen LogP contribution in [0.1, 0.15) is 12.0 Å². The van der Waals surface area contributed by atoms with Gasteiger partial charge in [0, 0.05) is 17.1 Å². The quantitative estimate of drug-likeness (QED) is 0.649. The largest absolute Gasteiger partial charge is 0.506 e. The van der Waals surface area contributed by atoms with Crippen molar-refractivity contribution in [3.63, 3.8) is 0 Å². The van der Waals surface area contributed by atoms with Gasteiger partial charge in [-0.1, -0.05) is 6.07 Å². The Kier molecular flexibility index (Phi) is 5.22. The van der Waals surface area contributed by atoms with Crippen molar-refractivity contribution in [2.75, 3.05) is 11.1 Å². The van der Waals surface area contributed by atoms with Gasteiger partial charge < -0.3 is 10.4 Å². The molecule has 0 saturated carbocycles. The molecule has 0 heterocycles. The van der Waals surface area contributed by atoms with Crippen LogP contribution >= 0.6 is 11.8 Å². The summed E-state index contributed by atoms with van der Waals surface area (Å²) in [7, 11) is 0. The molecule has 110 valence electrons. The van der Waals surface area contributed by atoms with E-state index in [-0.39, 0.29) is 17.5 Å². The number of rotatable bonds is 5. The lowest BCUT2D eigenvalue weighted by molar-refractivity contribution is -0.115. The number of carbonyl (C=O) groups is 1. The van der Waals surface area contributed by atoms with Gasteiger partial charge in [0.2, 0.25) is 5.91 Å². The number of amides is 1. The van der Waals surface area contributed by atoms with Gasteiger partial charge in [-0.05, 0) is 48.9 Å². The Balaban J connectivity index is 1.81. The molecule has 0 spiro atoms. The third-order valence-corrected chi connectivity index (χ3v) is 3.85. The molecule has 21 heavy (non-hydrogen) atoms. The van der Waals surface area contributed by atoms with Gasteiger partial charge in [-0.3, -0.25) is 4.79 Å². The van der Waals surface area contributed by atoms with E-state index in [0.29, 0.717) is 17.9 Å². The zero-order valence-electron chi connectivity index (χ0n) is 11.6. The van der Waals surface area contributed by atoms with Crippen LogP contribution in [0, 0.1) is 12.7 Å². The molecule has 2 rings (SSSR count). The number of hydrogen-bond acceptors (Lipinski definition) is 3. The Morgan fingerprint density at radius 3 is 2.62 bits per heavy atom. The summed E-state index contributed by atoms with van der Waals surface area (Å²) in [5, 5.41) is 12.4. The van der Waals surface area contributed by atoms with E-state index in [1.54, 1.807) is 24.3 Å². The highest BCUT2D eigenvalue weighted by atomic mass is 32.2. The summed E-state index contributed by atoms with van der Waals surface area (Å²) in [6, 6.07) is 11.3. The van der Waals surface area contributed by atoms with Crippen LogP contribution in [0.5, 0.6) is 5.75 Å². The van der Waals surface area contributed by atoms with Crippen LogP contribution in [0.4, 0.5) is 10.1 Å². The number of anilines is 1. The fraction of sp³-hybridized carbons (Fsp3) is 0.188. The minimum atomic E-state index is -0.271. The van der Waals surface area contributed by atoms with E-state index in [1.165, 1.54) is 23.9 Å². The molecule has 0 aromatic heterocycles. The normalized spacial score (nSPS) is 10.4. The number of aromatic hydroxyl groups is 1. The van der Waals surface area contributed by atoms with Crippen molar-refractivity contribution in [3.05, 3.63) is 53.8 Å². The highest BCUT2D eigenvalue weighted by Crippen LogP contribution is 2.24. The summed E-state index contributed by atoms with van der Waals surface area (Å²) in [5.41, 5.74) is 1.34. The van der Waals surface area contributed by atoms with Crippen LogP contribution in [0.3, 0.4) is 0 Å². The van der Waals surface area contributed by atoms with E-state index in [0.717, 1.165) is 10.5 Å². The first kappa shape index (κ1) is 15.4. The van der Waals surface area contributed by atoms with E-state index >= 15 is 0 Å². The van der Waals surface area contributed by atoms with Gasteiger partial charge in [0.15, 0.2) is 0 Å². The van der Waals surface area contributed by atoms with Gasteiger partial charge in [0.25, 0.3) is 0 Å². The minimum absolute atomic E-state index is 0.0644. The number of aryl methyl sites for hydroxylation is 1. The van der Waals surface area contributed by atoms with Crippen molar-refractivity contribution < 1.29 is 14.3 Å². The van der Waals surface area contributed by atoms with Crippen molar-refractivity contribution >= 4 is 23.4 Å². The first-order chi connectivity index (χ1) is 10.0. The lowest BCUT2D eigenvalue weighted by atomic mass is 10.2. The molecule has 0 bridgehead atoms. The van der Waals surface area contributed by atoms with Crippen molar-refractivity contribution in [2.45, 2.75) is 18.2 Å². The van der Waals surface area contributed by atoms with Crippen molar-refractivity contribution in [3.8, 4) is 5.75 Å². The molecular weight excluding hydrogens is 289 g/mol. The van der Waals surface area contributed by atoms with Crippen molar-refractivity contribution in [1.82, 2.24) is 0 Å². The second-order valence-corrected chi connectivity index (χ2v) is 5.79. The standard InChI is InChI=1S/C16H16FNO2S/c1-11-2-7-14(15(19)10-11)18-16(20)8-9-21-13-5-3-12(17)4-6-13/h2-7,10,19H,8-9H2,1H3,(H,18,20). The van der Waals surface area contributed by atoms with Gasteiger partial charge in [-0.2, -0.15) is 0 Å². The first-order valence-corrected chi connectivity index (χ1v) is 7.51. The van der Waals surface area contributed by atoms with Crippen LogP contribution in [0.25, 0.3) is 0 Å². The number of hydrogen-bond donors (Lipinski definition) is 2. The van der Waals surface area contributed by atoms with Crippen LogP contribution < -0.4 is 5.32 Å². The molecule has 0 unspecified atom stereocenters. The van der Waals surface area contributed by atoms with E-state index in [4.69, 9.17) is 0 Å². The topological polar surface area (TPSA) is 49.3 Å². The Hall–Kier alpha value is -2.01. The predicted molar refractivity (Wildman–Crippen MR) is 83.2 cm³/mol. The van der Waals surface area contributed by atoms with Crippen LogP contribution in [0.15, 0.2) is 47.4 Å². The fourth-order valence-corrected chi connectivity index (χ4v) is 2.60. The molecule has 0 atom stereocenters. The monoisotopic (exact) mass is 305 g/mol. The van der Waals surface area contributed by atoms with Crippen molar-refractivity contribution in [1.29, 1.82) is 0 Å². The number of phenols is 1. The average molecular weight is 305 g/mol. The van der Waals surface area contributed by atoms with E-state index < -0.39 is 0 Å². The van der Waals surface area contributed by atoms with Gasteiger partial charge in [0.05, 0.1) is 5.69 Å². The number of halogens is 1. The third kappa shape index (κ3) is 4.79. The first-order valence-electron chi connectivity index (χ1n) is 6.52. The predicted octanol–water partition coefficient (Wildman–Crippen LogP) is 3.96. The molecule has 0 aliphatic carbocycles. The number of benzene rings is 2.